The van der Waals surface area contributed by atoms with Gasteiger partial charge in [-0.05, 0) is 52.9 Å². The first-order valence-corrected chi connectivity index (χ1v) is 9.29. The highest BCUT2D eigenvalue weighted by molar-refractivity contribution is 5.74. The number of carbonyl (C=O) groups excluding carboxylic acids is 1. The molecule has 1 aliphatic heterocycles. The van der Waals surface area contributed by atoms with Crippen LogP contribution >= 0.6 is 0 Å². The van der Waals surface area contributed by atoms with Gasteiger partial charge in [0.05, 0.1) is 13.7 Å². The van der Waals surface area contributed by atoms with E-state index in [9.17, 15) is 4.79 Å². The third-order valence-corrected chi connectivity index (χ3v) is 5.22. The number of ether oxygens (including phenoxy) is 2. The Kier molecular flexibility index (Phi) is 7.14. The smallest absolute Gasteiger partial charge is 0.317 e. The minimum absolute atomic E-state index is 0.0194. The zero-order chi connectivity index (χ0) is 19.2. The fourth-order valence-corrected chi connectivity index (χ4v) is 2.85. The lowest BCUT2D eigenvalue weighted by molar-refractivity contribution is 0.131. The maximum absolute atomic E-state index is 12.5. The first kappa shape index (κ1) is 20.4. The molecule has 1 atom stereocenters. The topological polar surface area (TPSA) is 54.0 Å². The van der Waals surface area contributed by atoms with E-state index in [0.29, 0.717) is 19.1 Å². The number of amides is 2. The van der Waals surface area contributed by atoms with Crippen molar-refractivity contribution < 1.29 is 14.3 Å². The molecule has 26 heavy (non-hydrogen) atoms. The molecule has 1 aromatic carbocycles. The van der Waals surface area contributed by atoms with E-state index in [4.69, 9.17) is 9.47 Å². The van der Waals surface area contributed by atoms with Crippen LogP contribution in [-0.2, 0) is 0 Å². The van der Waals surface area contributed by atoms with E-state index in [1.165, 1.54) is 0 Å². The van der Waals surface area contributed by atoms with E-state index in [1.807, 2.05) is 43.3 Å². The molecule has 6 heteroatoms. The number of carbonyl (C=O) groups is 1. The van der Waals surface area contributed by atoms with Crippen LogP contribution in [0.1, 0.15) is 26.7 Å². The number of urea groups is 1. The molecule has 146 valence electrons. The van der Waals surface area contributed by atoms with E-state index in [1.54, 1.807) is 7.11 Å². The second-order valence-electron chi connectivity index (χ2n) is 7.81. The van der Waals surface area contributed by atoms with Gasteiger partial charge in [-0.25, -0.2) is 4.79 Å². The molecule has 0 saturated carbocycles. The number of piperidine rings is 1. The Bertz CT molecular complexity index is 589. The van der Waals surface area contributed by atoms with Crippen molar-refractivity contribution in [3.05, 3.63) is 24.3 Å². The number of rotatable bonds is 7. The minimum Gasteiger partial charge on any atom is -0.497 e. The van der Waals surface area contributed by atoms with Crippen LogP contribution in [0.3, 0.4) is 0 Å². The number of hydrogen-bond donors (Lipinski definition) is 1. The maximum Gasteiger partial charge on any atom is 0.317 e. The summed E-state index contributed by atoms with van der Waals surface area (Å²) in [5.41, 5.74) is -0.0691. The molecule has 0 aliphatic carbocycles. The molecule has 1 heterocycles. The van der Waals surface area contributed by atoms with Gasteiger partial charge in [0.2, 0.25) is 0 Å². The summed E-state index contributed by atoms with van der Waals surface area (Å²) < 4.78 is 11.1. The number of nitrogens with one attached hydrogen (secondary N) is 1. The molecule has 1 saturated heterocycles. The largest absolute Gasteiger partial charge is 0.497 e. The highest BCUT2D eigenvalue weighted by Gasteiger charge is 2.26. The van der Waals surface area contributed by atoms with E-state index in [2.05, 4.69) is 24.1 Å². The van der Waals surface area contributed by atoms with E-state index in [0.717, 1.165) is 37.4 Å². The van der Waals surface area contributed by atoms with Crippen LogP contribution in [0.15, 0.2) is 24.3 Å². The minimum atomic E-state index is -0.0691. The molecular formula is C20H33N3O3. The Morgan fingerprint density at radius 2 is 2.08 bits per heavy atom. The molecule has 0 aromatic heterocycles. The molecule has 0 radical (unpaired) electrons. The molecular weight excluding hydrogens is 330 g/mol. The quantitative estimate of drug-likeness (QED) is 0.809. The van der Waals surface area contributed by atoms with Crippen LogP contribution in [0, 0.1) is 5.92 Å². The van der Waals surface area contributed by atoms with Crippen molar-refractivity contribution in [2.75, 3.05) is 47.4 Å². The first-order valence-electron chi connectivity index (χ1n) is 9.29. The molecule has 6 nitrogen and oxygen atoms in total. The van der Waals surface area contributed by atoms with E-state index in [-0.39, 0.29) is 11.6 Å². The van der Waals surface area contributed by atoms with Crippen molar-refractivity contribution in [2.24, 2.45) is 5.92 Å². The second-order valence-corrected chi connectivity index (χ2v) is 7.81. The molecule has 0 bridgehead atoms. The summed E-state index contributed by atoms with van der Waals surface area (Å²) in [5, 5.41) is 3.07. The van der Waals surface area contributed by atoms with Gasteiger partial charge in [0, 0.05) is 37.2 Å². The summed E-state index contributed by atoms with van der Waals surface area (Å²) in [4.78, 5) is 16.5. The number of methoxy groups -OCH3 is 1. The fraction of sp³-hybridized carbons (Fsp3) is 0.650. The Balaban J connectivity index is 1.81. The van der Waals surface area contributed by atoms with Crippen molar-refractivity contribution >= 4 is 6.03 Å². The van der Waals surface area contributed by atoms with Crippen LogP contribution in [0.5, 0.6) is 11.5 Å². The van der Waals surface area contributed by atoms with Crippen molar-refractivity contribution in [1.29, 1.82) is 0 Å². The summed E-state index contributed by atoms with van der Waals surface area (Å²) in [5.74, 6) is 1.94. The van der Waals surface area contributed by atoms with Crippen molar-refractivity contribution in [2.45, 2.75) is 32.2 Å². The Hall–Kier alpha value is -1.95. The van der Waals surface area contributed by atoms with Gasteiger partial charge in [-0.15, -0.1) is 0 Å². The molecule has 1 aromatic rings. The molecule has 2 rings (SSSR count). The average molecular weight is 364 g/mol. The Morgan fingerprint density at radius 1 is 1.35 bits per heavy atom. The zero-order valence-corrected chi connectivity index (χ0v) is 16.7. The second kappa shape index (κ2) is 9.12. The highest BCUT2D eigenvalue weighted by atomic mass is 16.5. The highest BCUT2D eigenvalue weighted by Crippen LogP contribution is 2.22. The summed E-state index contributed by atoms with van der Waals surface area (Å²) in [6.07, 6.45) is 2.09. The van der Waals surface area contributed by atoms with Crippen molar-refractivity contribution in [3.63, 3.8) is 0 Å². The molecule has 1 aliphatic rings. The van der Waals surface area contributed by atoms with Crippen molar-refractivity contribution in [1.82, 2.24) is 15.1 Å². The normalized spacial score (nSPS) is 17.9. The van der Waals surface area contributed by atoms with Crippen molar-refractivity contribution in [3.8, 4) is 11.5 Å². The molecule has 2 amide bonds. The van der Waals surface area contributed by atoms with Gasteiger partial charge >= 0.3 is 6.03 Å². The number of nitrogens with zero attached hydrogens (tertiary/aromatic N) is 2. The van der Waals surface area contributed by atoms with Gasteiger partial charge < -0.3 is 24.6 Å². The van der Waals surface area contributed by atoms with E-state index < -0.39 is 0 Å². The van der Waals surface area contributed by atoms with Gasteiger partial charge in [0.15, 0.2) is 0 Å². The number of likely N-dealkylation sites (tertiary alicyclic amines) is 1. The monoisotopic (exact) mass is 363 g/mol. The number of hydrogen-bond acceptors (Lipinski definition) is 4. The van der Waals surface area contributed by atoms with Crippen LogP contribution in [0.4, 0.5) is 4.79 Å². The predicted molar refractivity (Wildman–Crippen MR) is 104 cm³/mol. The van der Waals surface area contributed by atoms with Crippen LogP contribution in [0.2, 0.25) is 0 Å². The summed E-state index contributed by atoms with van der Waals surface area (Å²) in [7, 11) is 5.70. The third-order valence-electron chi connectivity index (χ3n) is 5.22. The number of likely N-dealkylation sites (N-methyl/N-ethyl adjacent to an activating group) is 1. The summed E-state index contributed by atoms with van der Waals surface area (Å²) >= 11 is 0. The van der Waals surface area contributed by atoms with Crippen LogP contribution in [0.25, 0.3) is 0 Å². The van der Waals surface area contributed by atoms with Gasteiger partial charge in [0.1, 0.15) is 11.5 Å². The third kappa shape index (κ3) is 5.80. The lowest BCUT2D eigenvalue weighted by Gasteiger charge is -2.36. The van der Waals surface area contributed by atoms with Gasteiger partial charge in [-0.2, -0.15) is 0 Å². The fourth-order valence-electron chi connectivity index (χ4n) is 2.85. The lowest BCUT2D eigenvalue weighted by atomic mass is 9.99. The standard InChI is InChI=1S/C20H33N3O3/c1-20(2,22(3)4)15-21-19(24)23-11-7-8-16(13-23)14-26-18-10-6-9-17(12-18)25-5/h6,9-10,12,16H,7-8,11,13-15H2,1-5H3,(H,21,24)/t16-/m0/s1. The molecule has 0 unspecified atom stereocenters. The van der Waals surface area contributed by atoms with Gasteiger partial charge in [-0.3, -0.25) is 0 Å². The zero-order valence-electron chi connectivity index (χ0n) is 16.7. The Labute approximate surface area is 157 Å². The lowest BCUT2D eigenvalue weighted by Crippen LogP contribution is -2.53. The molecule has 1 N–H and O–H groups in total. The van der Waals surface area contributed by atoms with Gasteiger partial charge in [0.25, 0.3) is 0 Å². The Morgan fingerprint density at radius 3 is 2.77 bits per heavy atom. The predicted octanol–water partition coefficient (Wildman–Crippen LogP) is 2.84. The van der Waals surface area contributed by atoms with Crippen LogP contribution < -0.4 is 14.8 Å². The summed E-state index contributed by atoms with van der Waals surface area (Å²) in [6, 6.07) is 7.65. The van der Waals surface area contributed by atoms with Crippen LogP contribution in [-0.4, -0.2) is 68.8 Å². The summed E-state index contributed by atoms with van der Waals surface area (Å²) in [6.45, 7) is 7.02. The molecule has 1 fully saturated rings. The van der Waals surface area contributed by atoms with Gasteiger partial charge in [-0.1, -0.05) is 6.07 Å². The van der Waals surface area contributed by atoms with E-state index >= 15 is 0 Å². The first-order chi connectivity index (χ1) is 12.3. The SMILES string of the molecule is COc1cccc(OC[C@H]2CCCN(C(=O)NCC(C)(C)N(C)C)C2)c1. The maximum atomic E-state index is 12.5. The average Bonchev–Trinajstić information content (AvgIpc) is 2.64. The number of benzene rings is 1. The molecule has 0 spiro atoms.